The molecule has 0 bridgehead atoms. The van der Waals surface area contributed by atoms with E-state index in [1.807, 2.05) is 0 Å². The number of esters is 1. The normalized spacial score (nSPS) is 37.5. The summed E-state index contributed by atoms with van der Waals surface area (Å²) in [5.74, 6) is -0.671. The first kappa shape index (κ1) is 14.1. The van der Waals surface area contributed by atoms with Gasteiger partial charge in [0.15, 0.2) is 6.29 Å². The minimum atomic E-state index is -1.43. The van der Waals surface area contributed by atoms with E-state index in [4.69, 9.17) is 9.47 Å². The molecule has 0 aromatic heterocycles. The highest BCUT2D eigenvalue weighted by molar-refractivity contribution is 5.81. The first-order chi connectivity index (χ1) is 8.01. The largest absolute Gasteiger partial charge is 0.460 e. The molecule has 1 rings (SSSR count). The third kappa shape index (κ3) is 3.24. The summed E-state index contributed by atoms with van der Waals surface area (Å²) in [7, 11) is 1.28. The molecule has 0 aromatic carbocycles. The zero-order valence-electron chi connectivity index (χ0n) is 9.35. The Hall–Kier alpha value is -0.990. The number of hydrogen-bond acceptors (Lipinski definition) is 7. The second kappa shape index (κ2) is 6.08. The Labute approximate surface area is 98.2 Å². The van der Waals surface area contributed by atoms with Crippen LogP contribution in [-0.4, -0.2) is 65.7 Å². The highest BCUT2D eigenvalue weighted by atomic mass is 16.7. The molecule has 0 amide bonds. The van der Waals surface area contributed by atoms with Crippen molar-refractivity contribution in [3.8, 4) is 0 Å². The van der Waals surface area contributed by atoms with E-state index in [1.54, 1.807) is 0 Å². The zero-order chi connectivity index (χ0) is 13.0. The molecule has 0 saturated carbocycles. The quantitative estimate of drug-likeness (QED) is 0.397. The molecule has 7 nitrogen and oxygen atoms in total. The third-order valence-electron chi connectivity index (χ3n) is 2.46. The number of carbonyl (C=O) groups is 1. The van der Waals surface area contributed by atoms with Gasteiger partial charge >= 0.3 is 5.97 Å². The molecule has 17 heavy (non-hydrogen) atoms. The van der Waals surface area contributed by atoms with Gasteiger partial charge in [-0.25, -0.2) is 4.79 Å². The van der Waals surface area contributed by atoms with Crippen molar-refractivity contribution in [3.05, 3.63) is 12.7 Å². The summed E-state index contributed by atoms with van der Waals surface area (Å²) in [6, 6.07) is 0. The van der Waals surface area contributed by atoms with Gasteiger partial charge in [0.25, 0.3) is 0 Å². The minimum absolute atomic E-state index is 0.268. The van der Waals surface area contributed by atoms with E-state index in [9.17, 15) is 20.1 Å². The number of hydrogen-bond donors (Lipinski definition) is 3. The molecule has 1 heterocycles. The Balaban J connectivity index is 2.59. The van der Waals surface area contributed by atoms with Crippen LogP contribution in [0.25, 0.3) is 0 Å². The number of rotatable bonds is 4. The van der Waals surface area contributed by atoms with Gasteiger partial charge in [0, 0.05) is 13.2 Å². The number of methoxy groups -OCH3 is 1. The van der Waals surface area contributed by atoms with Crippen LogP contribution in [0.2, 0.25) is 0 Å². The maximum Gasteiger partial charge on any atom is 0.330 e. The van der Waals surface area contributed by atoms with Crippen LogP contribution in [0.15, 0.2) is 12.7 Å². The molecule has 7 heteroatoms. The zero-order valence-corrected chi connectivity index (χ0v) is 9.35. The van der Waals surface area contributed by atoms with Gasteiger partial charge in [-0.05, 0) is 0 Å². The Bertz CT molecular complexity index is 278. The van der Waals surface area contributed by atoms with E-state index in [0.29, 0.717) is 0 Å². The fourth-order valence-electron chi connectivity index (χ4n) is 1.47. The number of ether oxygens (including phenoxy) is 3. The van der Waals surface area contributed by atoms with Gasteiger partial charge in [-0.3, -0.25) is 0 Å². The van der Waals surface area contributed by atoms with Crippen molar-refractivity contribution in [3.63, 3.8) is 0 Å². The Morgan fingerprint density at radius 3 is 2.53 bits per heavy atom. The molecule has 0 radical (unpaired) electrons. The molecule has 3 N–H and O–H groups in total. The van der Waals surface area contributed by atoms with Crippen molar-refractivity contribution in [1.29, 1.82) is 0 Å². The Morgan fingerprint density at radius 1 is 1.35 bits per heavy atom. The second-order valence-electron chi connectivity index (χ2n) is 3.58. The van der Waals surface area contributed by atoms with Crippen molar-refractivity contribution in [2.24, 2.45) is 0 Å². The van der Waals surface area contributed by atoms with Crippen molar-refractivity contribution in [2.75, 3.05) is 13.7 Å². The van der Waals surface area contributed by atoms with Crippen LogP contribution in [0.1, 0.15) is 0 Å². The molecule has 98 valence electrons. The predicted octanol–water partition coefficient (Wildman–Crippen LogP) is -1.83. The lowest BCUT2D eigenvalue weighted by Gasteiger charge is -2.39. The Kier molecular flexibility index (Phi) is 5.03. The number of aliphatic hydroxyl groups excluding tert-OH is 3. The van der Waals surface area contributed by atoms with Crippen LogP contribution >= 0.6 is 0 Å². The van der Waals surface area contributed by atoms with E-state index in [1.165, 1.54) is 7.11 Å². The van der Waals surface area contributed by atoms with Gasteiger partial charge in [0.2, 0.25) is 0 Å². The average molecular weight is 248 g/mol. The maximum absolute atomic E-state index is 10.8. The summed E-state index contributed by atoms with van der Waals surface area (Å²) in [5.41, 5.74) is 0. The van der Waals surface area contributed by atoms with Crippen molar-refractivity contribution >= 4 is 5.97 Å². The molecule has 1 aliphatic heterocycles. The van der Waals surface area contributed by atoms with Gasteiger partial charge in [0.05, 0.1) is 0 Å². The minimum Gasteiger partial charge on any atom is -0.460 e. The van der Waals surface area contributed by atoms with E-state index in [-0.39, 0.29) is 6.61 Å². The van der Waals surface area contributed by atoms with Crippen LogP contribution < -0.4 is 0 Å². The summed E-state index contributed by atoms with van der Waals surface area (Å²) in [6.07, 6.45) is -5.24. The number of carbonyl (C=O) groups excluding carboxylic acids is 1. The third-order valence-corrected chi connectivity index (χ3v) is 2.46. The van der Waals surface area contributed by atoms with E-state index >= 15 is 0 Å². The number of aliphatic hydroxyl groups is 3. The smallest absolute Gasteiger partial charge is 0.330 e. The highest BCUT2D eigenvalue weighted by Crippen LogP contribution is 2.21. The topological polar surface area (TPSA) is 105 Å². The van der Waals surface area contributed by atoms with Crippen LogP contribution in [-0.2, 0) is 19.0 Å². The SMILES string of the molecule is C=CC(=O)OC[C@H]1OC(OC)[C@H](O)[C@@H](O)[C@@H]1O. The lowest BCUT2D eigenvalue weighted by Crippen LogP contribution is -2.59. The first-order valence-corrected chi connectivity index (χ1v) is 5.03. The molecule has 1 aliphatic rings. The van der Waals surface area contributed by atoms with E-state index in [0.717, 1.165) is 6.08 Å². The van der Waals surface area contributed by atoms with Crippen molar-refractivity contribution < 1.29 is 34.3 Å². The van der Waals surface area contributed by atoms with Crippen molar-refractivity contribution in [2.45, 2.75) is 30.7 Å². The molecule has 1 saturated heterocycles. The van der Waals surface area contributed by atoms with E-state index in [2.05, 4.69) is 11.3 Å². The molecule has 0 spiro atoms. The van der Waals surface area contributed by atoms with Crippen molar-refractivity contribution in [1.82, 2.24) is 0 Å². The summed E-state index contributed by atoms with van der Waals surface area (Å²) >= 11 is 0. The summed E-state index contributed by atoms with van der Waals surface area (Å²) < 4.78 is 14.6. The fraction of sp³-hybridized carbons (Fsp3) is 0.700. The van der Waals surface area contributed by atoms with Crippen LogP contribution in [0.4, 0.5) is 0 Å². The lowest BCUT2D eigenvalue weighted by molar-refractivity contribution is -0.294. The lowest BCUT2D eigenvalue weighted by atomic mass is 9.99. The summed E-state index contributed by atoms with van der Waals surface area (Å²) in [5, 5.41) is 28.6. The standard InChI is InChI=1S/C10H16O7/c1-3-6(11)16-4-5-7(12)8(13)9(14)10(15-2)17-5/h3,5,7-10,12-14H,1,4H2,2H3/t5-,7-,8+,9-,10?/m1/s1. The molecule has 0 aromatic rings. The first-order valence-electron chi connectivity index (χ1n) is 5.03. The van der Waals surface area contributed by atoms with Crippen LogP contribution in [0.3, 0.4) is 0 Å². The molecular weight excluding hydrogens is 232 g/mol. The maximum atomic E-state index is 10.8. The fourth-order valence-corrected chi connectivity index (χ4v) is 1.47. The Morgan fingerprint density at radius 2 is 2.00 bits per heavy atom. The average Bonchev–Trinajstić information content (AvgIpc) is 2.34. The van der Waals surface area contributed by atoms with Gasteiger partial charge in [-0.1, -0.05) is 6.58 Å². The van der Waals surface area contributed by atoms with Gasteiger partial charge in [-0.15, -0.1) is 0 Å². The van der Waals surface area contributed by atoms with Crippen LogP contribution in [0.5, 0.6) is 0 Å². The second-order valence-corrected chi connectivity index (χ2v) is 3.58. The molecule has 1 fully saturated rings. The summed E-state index contributed by atoms with van der Waals surface area (Å²) in [6.45, 7) is 2.94. The van der Waals surface area contributed by atoms with Gasteiger partial charge in [-0.2, -0.15) is 0 Å². The molecule has 5 atom stereocenters. The van der Waals surface area contributed by atoms with E-state index < -0.39 is 36.7 Å². The molecule has 0 aliphatic carbocycles. The molecular formula is C10H16O7. The van der Waals surface area contributed by atoms with Crippen LogP contribution in [0, 0.1) is 0 Å². The highest BCUT2D eigenvalue weighted by Gasteiger charge is 2.44. The summed E-state index contributed by atoms with van der Waals surface area (Å²) in [4.78, 5) is 10.8. The monoisotopic (exact) mass is 248 g/mol. The predicted molar refractivity (Wildman–Crippen MR) is 54.8 cm³/mol. The van der Waals surface area contributed by atoms with Gasteiger partial charge < -0.3 is 29.5 Å². The molecule has 1 unspecified atom stereocenters. The van der Waals surface area contributed by atoms with Gasteiger partial charge in [0.1, 0.15) is 31.0 Å².